The predicted octanol–water partition coefficient (Wildman–Crippen LogP) is -2.27. The molecule has 0 radical (unpaired) electrons. The van der Waals surface area contributed by atoms with Gasteiger partial charge in [-0.25, -0.2) is 0 Å². The summed E-state index contributed by atoms with van der Waals surface area (Å²) in [5.74, 6) is -3.21. The number of amides is 3. The molecule has 1 aliphatic rings. The van der Waals surface area contributed by atoms with Gasteiger partial charge in [-0.2, -0.15) is 0 Å². The summed E-state index contributed by atoms with van der Waals surface area (Å²) < 4.78 is 0. The molecule has 0 saturated carbocycles. The highest BCUT2D eigenvalue weighted by Gasteiger charge is 2.34. The van der Waals surface area contributed by atoms with Crippen LogP contribution in [-0.2, 0) is 24.0 Å². The van der Waals surface area contributed by atoms with Crippen LogP contribution in [0.5, 0.6) is 0 Å². The number of nitrogens with zero attached hydrogens (tertiary/aromatic N) is 1. The highest BCUT2D eigenvalue weighted by atomic mass is 16.4. The molecule has 1 rings (SSSR count). The number of rotatable bonds is 9. The van der Waals surface area contributed by atoms with Crippen molar-refractivity contribution in [2.45, 2.75) is 50.2 Å². The van der Waals surface area contributed by atoms with Crippen molar-refractivity contribution >= 4 is 30.0 Å². The smallest absolute Gasteiger partial charge is 0.303 e. The molecule has 1 heterocycles. The summed E-state index contributed by atoms with van der Waals surface area (Å²) in [6.45, 7) is 0.356. The molecule has 1 saturated heterocycles. The van der Waals surface area contributed by atoms with Crippen molar-refractivity contribution in [1.82, 2.24) is 10.2 Å². The molecule has 24 heavy (non-hydrogen) atoms. The van der Waals surface area contributed by atoms with Gasteiger partial charge in [-0.1, -0.05) is 0 Å². The molecule has 0 aromatic carbocycles. The van der Waals surface area contributed by atoms with Crippen LogP contribution in [0.4, 0.5) is 0 Å². The summed E-state index contributed by atoms with van der Waals surface area (Å²) in [6, 6.07) is -2.95. The zero-order valence-corrected chi connectivity index (χ0v) is 13.1. The van der Waals surface area contributed by atoms with E-state index < -0.39 is 48.2 Å². The first-order valence-corrected chi connectivity index (χ1v) is 7.58. The largest absolute Gasteiger partial charge is 0.481 e. The third-order valence-electron chi connectivity index (χ3n) is 3.76. The van der Waals surface area contributed by atoms with Gasteiger partial charge in [-0.3, -0.25) is 19.2 Å². The number of aliphatic carboxylic acids is 1. The van der Waals surface area contributed by atoms with E-state index in [1.807, 2.05) is 0 Å². The third kappa shape index (κ3) is 5.61. The van der Waals surface area contributed by atoms with E-state index in [0.29, 0.717) is 25.7 Å². The van der Waals surface area contributed by atoms with Crippen LogP contribution in [0, 0.1) is 0 Å². The van der Waals surface area contributed by atoms with Crippen LogP contribution in [0.15, 0.2) is 0 Å². The minimum Gasteiger partial charge on any atom is -0.481 e. The maximum absolute atomic E-state index is 12.5. The second-order valence-corrected chi connectivity index (χ2v) is 5.65. The molecular weight excluding hydrogens is 320 g/mol. The number of nitrogens with two attached hydrogens (primary N) is 2. The summed E-state index contributed by atoms with van der Waals surface area (Å²) >= 11 is 0. The molecule has 1 aliphatic heterocycles. The molecule has 134 valence electrons. The van der Waals surface area contributed by atoms with Crippen LogP contribution in [-0.4, -0.2) is 64.7 Å². The Hall–Kier alpha value is -2.49. The molecule has 0 aromatic rings. The van der Waals surface area contributed by atoms with Gasteiger partial charge in [0, 0.05) is 13.0 Å². The van der Waals surface area contributed by atoms with E-state index in [9.17, 15) is 24.0 Å². The highest BCUT2D eigenvalue weighted by Crippen LogP contribution is 2.18. The summed E-state index contributed by atoms with van der Waals surface area (Å²) in [6.07, 6.45) is 0.935. The Bertz CT molecular complexity index is 523. The quantitative estimate of drug-likeness (QED) is 0.342. The van der Waals surface area contributed by atoms with E-state index in [1.165, 1.54) is 4.90 Å². The topological polar surface area (TPSA) is 173 Å². The Morgan fingerprint density at radius 2 is 2.00 bits per heavy atom. The highest BCUT2D eigenvalue weighted by molar-refractivity contribution is 5.93. The zero-order valence-electron chi connectivity index (χ0n) is 13.1. The lowest BCUT2D eigenvalue weighted by Gasteiger charge is -2.27. The van der Waals surface area contributed by atoms with Gasteiger partial charge < -0.3 is 31.6 Å². The van der Waals surface area contributed by atoms with Gasteiger partial charge in [-0.15, -0.1) is 0 Å². The third-order valence-corrected chi connectivity index (χ3v) is 3.76. The van der Waals surface area contributed by atoms with E-state index in [2.05, 4.69) is 5.32 Å². The van der Waals surface area contributed by atoms with Crippen molar-refractivity contribution in [2.24, 2.45) is 11.5 Å². The van der Waals surface area contributed by atoms with Gasteiger partial charge in [0.2, 0.25) is 17.7 Å². The Labute approximate surface area is 138 Å². The second kappa shape index (κ2) is 8.96. The Balaban J connectivity index is 2.80. The monoisotopic (exact) mass is 342 g/mol. The molecule has 3 amide bonds. The minimum atomic E-state index is -1.23. The molecule has 0 unspecified atom stereocenters. The fraction of sp³-hybridized carbons (Fsp3) is 0.643. The number of carboxylic acids is 1. The van der Waals surface area contributed by atoms with Crippen molar-refractivity contribution in [3.8, 4) is 0 Å². The maximum atomic E-state index is 12.5. The summed E-state index contributed by atoms with van der Waals surface area (Å²) in [4.78, 5) is 58.4. The number of hydrogen-bond donors (Lipinski definition) is 4. The molecule has 1 fully saturated rings. The Morgan fingerprint density at radius 1 is 1.33 bits per heavy atom. The van der Waals surface area contributed by atoms with E-state index in [1.54, 1.807) is 0 Å². The van der Waals surface area contributed by atoms with Gasteiger partial charge in [0.25, 0.3) is 0 Å². The van der Waals surface area contributed by atoms with Crippen LogP contribution in [0.3, 0.4) is 0 Å². The van der Waals surface area contributed by atoms with Crippen molar-refractivity contribution in [3.05, 3.63) is 0 Å². The van der Waals surface area contributed by atoms with Gasteiger partial charge in [0.1, 0.15) is 12.3 Å². The van der Waals surface area contributed by atoms with Crippen molar-refractivity contribution in [1.29, 1.82) is 0 Å². The SMILES string of the molecule is NC(=O)C[C@H](N)C(=O)N[C@@H](CCC(=O)O)C(=O)N1CCC[C@H]1C=O. The van der Waals surface area contributed by atoms with Crippen molar-refractivity contribution in [2.75, 3.05) is 6.54 Å². The number of carbonyl (C=O) groups excluding carboxylic acids is 4. The predicted molar refractivity (Wildman–Crippen MR) is 81.4 cm³/mol. The molecule has 10 heteroatoms. The van der Waals surface area contributed by atoms with Crippen LogP contribution in [0.2, 0.25) is 0 Å². The lowest BCUT2D eigenvalue weighted by molar-refractivity contribution is -0.141. The van der Waals surface area contributed by atoms with E-state index in [0.717, 1.165) is 0 Å². The zero-order chi connectivity index (χ0) is 18.3. The van der Waals surface area contributed by atoms with Crippen LogP contribution >= 0.6 is 0 Å². The normalized spacial score (nSPS) is 19.4. The molecule has 10 nitrogen and oxygen atoms in total. The van der Waals surface area contributed by atoms with E-state index in [4.69, 9.17) is 16.6 Å². The lowest BCUT2D eigenvalue weighted by atomic mass is 10.1. The average molecular weight is 342 g/mol. The number of nitrogens with one attached hydrogen (secondary N) is 1. The number of primary amides is 1. The number of carboxylic acid groups (broad SMARTS) is 1. The minimum absolute atomic E-state index is 0.148. The van der Waals surface area contributed by atoms with Crippen LogP contribution in [0.25, 0.3) is 0 Å². The fourth-order valence-corrected chi connectivity index (χ4v) is 2.52. The van der Waals surface area contributed by atoms with E-state index >= 15 is 0 Å². The summed E-state index contributed by atoms with van der Waals surface area (Å²) in [5.41, 5.74) is 10.5. The van der Waals surface area contributed by atoms with Crippen molar-refractivity contribution < 1.29 is 29.1 Å². The van der Waals surface area contributed by atoms with Crippen LogP contribution < -0.4 is 16.8 Å². The average Bonchev–Trinajstić information content (AvgIpc) is 2.98. The first kappa shape index (κ1) is 19.6. The summed E-state index contributed by atoms with van der Waals surface area (Å²) in [5, 5.41) is 11.1. The first-order valence-electron chi connectivity index (χ1n) is 7.58. The molecule has 6 N–H and O–H groups in total. The van der Waals surface area contributed by atoms with Crippen LogP contribution in [0.1, 0.15) is 32.1 Å². The fourth-order valence-electron chi connectivity index (χ4n) is 2.52. The lowest BCUT2D eigenvalue weighted by Crippen LogP contribution is -2.54. The molecule has 0 aromatic heterocycles. The molecular formula is C14H22N4O6. The van der Waals surface area contributed by atoms with Gasteiger partial charge in [0.05, 0.1) is 18.5 Å². The number of carbonyl (C=O) groups is 5. The number of likely N-dealkylation sites (tertiary alicyclic amines) is 1. The standard InChI is InChI=1S/C14H22N4O6/c15-9(6-11(16)20)13(23)17-10(3-4-12(21)22)14(24)18-5-1-2-8(18)7-19/h7-10H,1-6,15H2,(H2,16,20)(H,17,23)(H,21,22)/t8-,9-,10-/m0/s1. The second-order valence-electron chi connectivity index (χ2n) is 5.65. The van der Waals surface area contributed by atoms with E-state index in [-0.39, 0.29) is 12.8 Å². The Kier molecular flexibility index (Phi) is 7.31. The molecule has 0 spiro atoms. The number of aldehydes is 1. The van der Waals surface area contributed by atoms with Gasteiger partial charge in [-0.05, 0) is 19.3 Å². The Morgan fingerprint density at radius 3 is 2.54 bits per heavy atom. The van der Waals surface area contributed by atoms with Gasteiger partial charge in [0.15, 0.2) is 0 Å². The van der Waals surface area contributed by atoms with Crippen molar-refractivity contribution in [3.63, 3.8) is 0 Å². The molecule has 3 atom stereocenters. The first-order chi connectivity index (χ1) is 11.3. The maximum Gasteiger partial charge on any atom is 0.303 e. The molecule has 0 aliphatic carbocycles. The molecule has 0 bridgehead atoms. The number of hydrogen-bond acceptors (Lipinski definition) is 6. The summed E-state index contributed by atoms with van der Waals surface area (Å²) in [7, 11) is 0. The van der Waals surface area contributed by atoms with Gasteiger partial charge >= 0.3 is 5.97 Å².